The average molecular weight is 290 g/mol. The third kappa shape index (κ3) is 3.31. The van der Waals surface area contributed by atoms with Gasteiger partial charge in [-0.15, -0.1) is 0 Å². The number of halogens is 1. The van der Waals surface area contributed by atoms with Gasteiger partial charge in [0.2, 0.25) is 0 Å². The van der Waals surface area contributed by atoms with Gasteiger partial charge in [0.15, 0.2) is 0 Å². The lowest BCUT2D eigenvalue weighted by Gasteiger charge is -2.12. The van der Waals surface area contributed by atoms with Crippen LogP contribution in [0, 0.1) is 6.92 Å². The third-order valence-electron chi connectivity index (χ3n) is 3.11. The zero-order valence-electron chi connectivity index (χ0n) is 11.4. The van der Waals surface area contributed by atoms with Gasteiger partial charge in [-0.2, -0.15) is 0 Å². The van der Waals surface area contributed by atoms with E-state index in [9.17, 15) is 4.79 Å². The first-order valence-corrected chi connectivity index (χ1v) is 6.66. The van der Waals surface area contributed by atoms with Crippen molar-refractivity contribution in [2.24, 2.45) is 0 Å². The maximum Gasteiger partial charge on any atom is 0.338 e. The van der Waals surface area contributed by atoms with Gasteiger partial charge in [-0.25, -0.2) is 4.79 Å². The summed E-state index contributed by atoms with van der Waals surface area (Å²) in [5.41, 5.74) is 3.44. The molecule has 0 amide bonds. The number of anilines is 1. The average Bonchev–Trinajstić information content (AvgIpc) is 2.45. The minimum absolute atomic E-state index is 0.325. The van der Waals surface area contributed by atoms with E-state index in [1.165, 1.54) is 7.11 Å². The number of carbonyl (C=O) groups is 1. The molecule has 0 spiro atoms. The van der Waals surface area contributed by atoms with Gasteiger partial charge in [0.1, 0.15) is 0 Å². The summed E-state index contributed by atoms with van der Waals surface area (Å²) in [5, 5.41) is 4.02. The van der Waals surface area contributed by atoms with Crippen LogP contribution >= 0.6 is 11.6 Å². The topological polar surface area (TPSA) is 38.3 Å². The third-order valence-corrected chi connectivity index (χ3v) is 3.35. The molecular weight excluding hydrogens is 274 g/mol. The van der Waals surface area contributed by atoms with Crippen molar-refractivity contribution in [3.8, 4) is 0 Å². The van der Waals surface area contributed by atoms with E-state index in [-0.39, 0.29) is 5.97 Å². The minimum atomic E-state index is -0.325. The van der Waals surface area contributed by atoms with Crippen LogP contribution in [0.3, 0.4) is 0 Å². The smallest absolute Gasteiger partial charge is 0.338 e. The molecular formula is C16H16ClNO2. The highest BCUT2D eigenvalue weighted by molar-refractivity contribution is 6.30. The lowest BCUT2D eigenvalue weighted by molar-refractivity contribution is 0.0600. The van der Waals surface area contributed by atoms with Crippen LogP contribution in [0.5, 0.6) is 0 Å². The first-order valence-electron chi connectivity index (χ1n) is 6.28. The number of nitrogens with one attached hydrogen (secondary N) is 1. The van der Waals surface area contributed by atoms with Gasteiger partial charge < -0.3 is 10.1 Å². The quantitative estimate of drug-likeness (QED) is 0.863. The summed E-state index contributed by atoms with van der Waals surface area (Å²) in [4.78, 5) is 11.6. The SMILES string of the molecule is COC(=O)c1cccc(NCc2cccc(Cl)c2)c1C. The van der Waals surface area contributed by atoms with Crippen LogP contribution < -0.4 is 5.32 Å². The van der Waals surface area contributed by atoms with E-state index in [4.69, 9.17) is 16.3 Å². The summed E-state index contributed by atoms with van der Waals surface area (Å²) in [7, 11) is 1.38. The van der Waals surface area contributed by atoms with Gasteiger partial charge in [-0.3, -0.25) is 0 Å². The largest absolute Gasteiger partial charge is 0.465 e. The number of rotatable bonds is 4. The molecule has 0 radical (unpaired) electrons. The standard InChI is InChI=1S/C16H16ClNO2/c1-11-14(16(19)20-2)7-4-8-15(11)18-10-12-5-3-6-13(17)9-12/h3-9,18H,10H2,1-2H3. The highest BCUT2D eigenvalue weighted by atomic mass is 35.5. The molecule has 0 saturated heterocycles. The number of esters is 1. The Kier molecular flexibility index (Phi) is 4.64. The molecule has 0 unspecified atom stereocenters. The lowest BCUT2D eigenvalue weighted by Crippen LogP contribution is -2.07. The van der Waals surface area contributed by atoms with Gasteiger partial charge >= 0.3 is 5.97 Å². The molecule has 0 heterocycles. The molecule has 0 saturated carbocycles. The molecule has 2 rings (SSSR count). The van der Waals surface area contributed by atoms with E-state index in [1.807, 2.05) is 43.3 Å². The van der Waals surface area contributed by atoms with Gasteiger partial charge in [0, 0.05) is 17.3 Å². The predicted molar refractivity (Wildman–Crippen MR) is 81.3 cm³/mol. The van der Waals surface area contributed by atoms with E-state index in [1.54, 1.807) is 6.07 Å². The van der Waals surface area contributed by atoms with E-state index in [2.05, 4.69) is 5.32 Å². The fourth-order valence-corrected chi connectivity index (χ4v) is 2.22. The lowest BCUT2D eigenvalue weighted by atomic mass is 10.1. The predicted octanol–water partition coefficient (Wildman–Crippen LogP) is 4.05. The zero-order valence-corrected chi connectivity index (χ0v) is 12.2. The molecule has 0 fully saturated rings. The normalized spacial score (nSPS) is 10.2. The molecule has 2 aromatic carbocycles. The monoisotopic (exact) mass is 289 g/mol. The first-order chi connectivity index (χ1) is 9.61. The number of benzene rings is 2. The second kappa shape index (κ2) is 6.44. The second-order valence-corrected chi connectivity index (χ2v) is 4.89. The molecule has 3 nitrogen and oxygen atoms in total. The highest BCUT2D eigenvalue weighted by Gasteiger charge is 2.11. The van der Waals surface area contributed by atoms with Crippen molar-refractivity contribution < 1.29 is 9.53 Å². The Bertz CT molecular complexity index is 626. The van der Waals surface area contributed by atoms with Gasteiger partial charge in [0.05, 0.1) is 12.7 Å². The van der Waals surface area contributed by atoms with Crippen LogP contribution in [0.1, 0.15) is 21.5 Å². The summed E-state index contributed by atoms with van der Waals surface area (Å²) in [5.74, 6) is -0.325. The van der Waals surface area contributed by atoms with Crippen LogP contribution in [0.25, 0.3) is 0 Å². The van der Waals surface area contributed by atoms with Crippen molar-refractivity contribution >= 4 is 23.3 Å². The van der Waals surface area contributed by atoms with Crippen LogP contribution in [-0.4, -0.2) is 13.1 Å². The highest BCUT2D eigenvalue weighted by Crippen LogP contribution is 2.21. The Hall–Kier alpha value is -2.00. The van der Waals surface area contributed by atoms with Crippen molar-refractivity contribution in [2.45, 2.75) is 13.5 Å². The maximum absolute atomic E-state index is 11.6. The molecule has 2 aromatic rings. The van der Waals surface area contributed by atoms with E-state index >= 15 is 0 Å². The van der Waals surface area contributed by atoms with Crippen molar-refractivity contribution in [1.29, 1.82) is 0 Å². The van der Waals surface area contributed by atoms with Gasteiger partial charge in [-0.05, 0) is 42.3 Å². The molecule has 20 heavy (non-hydrogen) atoms. The molecule has 0 bridgehead atoms. The number of methoxy groups -OCH3 is 1. The number of carbonyl (C=O) groups excluding carboxylic acids is 1. The summed E-state index contributed by atoms with van der Waals surface area (Å²) in [6.07, 6.45) is 0. The summed E-state index contributed by atoms with van der Waals surface area (Å²) in [6.45, 7) is 2.54. The molecule has 0 atom stereocenters. The maximum atomic E-state index is 11.6. The van der Waals surface area contributed by atoms with Crippen molar-refractivity contribution in [3.63, 3.8) is 0 Å². The fraction of sp³-hybridized carbons (Fsp3) is 0.188. The van der Waals surface area contributed by atoms with Crippen LogP contribution in [-0.2, 0) is 11.3 Å². The van der Waals surface area contributed by atoms with Crippen LogP contribution in [0.15, 0.2) is 42.5 Å². The van der Waals surface area contributed by atoms with Crippen LogP contribution in [0.4, 0.5) is 5.69 Å². The van der Waals surface area contributed by atoms with Crippen molar-refractivity contribution in [2.75, 3.05) is 12.4 Å². The molecule has 104 valence electrons. The number of hydrogen-bond donors (Lipinski definition) is 1. The first kappa shape index (κ1) is 14.4. The summed E-state index contributed by atoms with van der Waals surface area (Å²) < 4.78 is 4.77. The molecule has 0 aliphatic carbocycles. The number of hydrogen-bond acceptors (Lipinski definition) is 3. The Morgan fingerprint density at radius 2 is 2.00 bits per heavy atom. The molecule has 0 aromatic heterocycles. The molecule has 1 N–H and O–H groups in total. The molecule has 4 heteroatoms. The Morgan fingerprint density at radius 3 is 2.70 bits per heavy atom. The minimum Gasteiger partial charge on any atom is -0.465 e. The van der Waals surface area contributed by atoms with Crippen LogP contribution in [0.2, 0.25) is 5.02 Å². The number of ether oxygens (including phenoxy) is 1. The van der Waals surface area contributed by atoms with Crippen molar-refractivity contribution in [1.82, 2.24) is 0 Å². The Labute approximate surface area is 123 Å². The summed E-state index contributed by atoms with van der Waals surface area (Å²) in [6, 6.07) is 13.2. The van der Waals surface area contributed by atoms with E-state index in [0.717, 1.165) is 16.8 Å². The van der Waals surface area contributed by atoms with Crippen molar-refractivity contribution in [3.05, 3.63) is 64.2 Å². The second-order valence-electron chi connectivity index (χ2n) is 4.45. The summed E-state index contributed by atoms with van der Waals surface area (Å²) >= 11 is 5.95. The van der Waals surface area contributed by atoms with E-state index < -0.39 is 0 Å². The molecule has 0 aliphatic rings. The van der Waals surface area contributed by atoms with Gasteiger partial charge in [-0.1, -0.05) is 29.8 Å². The molecule has 0 aliphatic heterocycles. The Morgan fingerprint density at radius 1 is 1.25 bits per heavy atom. The fourth-order valence-electron chi connectivity index (χ4n) is 2.00. The zero-order chi connectivity index (χ0) is 14.5. The van der Waals surface area contributed by atoms with E-state index in [0.29, 0.717) is 17.1 Å². The van der Waals surface area contributed by atoms with Gasteiger partial charge in [0.25, 0.3) is 0 Å². The Balaban J connectivity index is 2.16.